The van der Waals surface area contributed by atoms with E-state index in [2.05, 4.69) is 28.2 Å². The van der Waals surface area contributed by atoms with Gasteiger partial charge >= 0.3 is 0 Å². The molecule has 2 aromatic rings. The zero-order chi connectivity index (χ0) is 11.7. The summed E-state index contributed by atoms with van der Waals surface area (Å²) in [6, 6.07) is 6.45. The van der Waals surface area contributed by atoms with Crippen LogP contribution in [0.3, 0.4) is 0 Å². The number of nitrogens with zero attached hydrogens (tertiary/aromatic N) is 2. The van der Waals surface area contributed by atoms with Gasteiger partial charge in [-0.05, 0) is 36.5 Å². The first kappa shape index (κ1) is 10.5. The summed E-state index contributed by atoms with van der Waals surface area (Å²) in [5.41, 5.74) is 8.25. The second-order valence-corrected chi connectivity index (χ2v) is 4.87. The third kappa shape index (κ3) is 1.97. The van der Waals surface area contributed by atoms with E-state index in [0.29, 0.717) is 11.7 Å². The molecule has 0 aliphatic heterocycles. The average Bonchev–Trinajstić information content (AvgIpc) is 2.40. The Labute approximate surface area is 101 Å². The highest BCUT2D eigenvalue weighted by Crippen LogP contribution is 2.34. The Hall–Kier alpha value is -1.64. The lowest BCUT2D eigenvalue weighted by molar-refractivity contribution is 0.444. The monoisotopic (exact) mass is 227 g/mol. The van der Waals surface area contributed by atoms with Gasteiger partial charge in [-0.2, -0.15) is 0 Å². The molecular formula is C14H17N3. The summed E-state index contributed by atoms with van der Waals surface area (Å²) in [4.78, 5) is 8.30. The number of hydrogen-bond donors (Lipinski definition) is 1. The van der Waals surface area contributed by atoms with Crippen molar-refractivity contribution in [1.82, 2.24) is 9.97 Å². The largest absolute Gasteiger partial charge is 0.383 e. The number of fused-ring (bicyclic) bond motifs is 1. The maximum atomic E-state index is 5.90. The first-order valence-electron chi connectivity index (χ1n) is 6.35. The van der Waals surface area contributed by atoms with Gasteiger partial charge in [-0.15, -0.1) is 0 Å². The molecule has 0 amide bonds. The lowest BCUT2D eigenvalue weighted by Crippen LogP contribution is -2.04. The summed E-state index contributed by atoms with van der Waals surface area (Å²) in [7, 11) is 0. The number of rotatable bonds is 1. The molecule has 17 heavy (non-hydrogen) atoms. The Balaban J connectivity index is 2.03. The van der Waals surface area contributed by atoms with Crippen LogP contribution in [-0.4, -0.2) is 9.97 Å². The fourth-order valence-electron chi connectivity index (χ4n) is 2.78. The van der Waals surface area contributed by atoms with Crippen LogP contribution in [0.15, 0.2) is 24.5 Å². The van der Waals surface area contributed by atoms with Crippen molar-refractivity contribution in [3.63, 3.8) is 0 Å². The molecular weight excluding hydrogens is 210 g/mol. The number of nitrogens with two attached hydrogens (primary N) is 1. The summed E-state index contributed by atoms with van der Waals surface area (Å²) in [5, 5.41) is 0.996. The van der Waals surface area contributed by atoms with Crippen LogP contribution in [0, 0.1) is 0 Å². The van der Waals surface area contributed by atoms with Crippen LogP contribution in [-0.2, 0) is 0 Å². The van der Waals surface area contributed by atoms with Crippen LogP contribution < -0.4 is 5.73 Å². The Bertz CT molecular complexity index is 530. The van der Waals surface area contributed by atoms with Gasteiger partial charge < -0.3 is 5.73 Å². The molecule has 2 N–H and O–H groups in total. The minimum atomic E-state index is 0.590. The van der Waals surface area contributed by atoms with E-state index in [1.807, 2.05) is 0 Å². The van der Waals surface area contributed by atoms with E-state index < -0.39 is 0 Å². The molecule has 1 heterocycles. The topological polar surface area (TPSA) is 51.8 Å². The third-order valence-electron chi connectivity index (χ3n) is 3.77. The quantitative estimate of drug-likeness (QED) is 0.813. The predicted octanol–water partition coefficient (Wildman–Crippen LogP) is 3.26. The molecule has 0 atom stereocenters. The van der Waals surface area contributed by atoms with Crippen molar-refractivity contribution in [2.45, 2.75) is 38.0 Å². The molecule has 1 fully saturated rings. The smallest absolute Gasteiger partial charge is 0.134 e. The van der Waals surface area contributed by atoms with Gasteiger partial charge in [0.15, 0.2) is 0 Å². The van der Waals surface area contributed by atoms with Crippen LogP contribution in [0.4, 0.5) is 5.82 Å². The van der Waals surface area contributed by atoms with Crippen molar-refractivity contribution in [2.75, 3.05) is 5.73 Å². The maximum absolute atomic E-state index is 5.90. The summed E-state index contributed by atoms with van der Waals surface area (Å²) in [5.74, 6) is 1.29. The van der Waals surface area contributed by atoms with Gasteiger partial charge in [-0.1, -0.05) is 25.3 Å². The molecule has 3 nitrogen and oxygen atoms in total. The zero-order valence-corrected chi connectivity index (χ0v) is 9.89. The van der Waals surface area contributed by atoms with Gasteiger partial charge in [0, 0.05) is 5.39 Å². The van der Waals surface area contributed by atoms with Crippen LogP contribution >= 0.6 is 0 Å². The van der Waals surface area contributed by atoms with Crippen LogP contribution in [0.25, 0.3) is 10.9 Å². The molecule has 1 aromatic carbocycles. The molecule has 0 bridgehead atoms. The van der Waals surface area contributed by atoms with Crippen LogP contribution in [0.2, 0.25) is 0 Å². The first-order valence-corrected chi connectivity index (χ1v) is 6.35. The third-order valence-corrected chi connectivity index (χ3v) is 3.77. The van der Waals surface area contributed by atoms with Gasteiger partial charge in [-0.25, -0.2) is 9.97 Å². The highest BCUT2D eigenvalue weighted by Gasteiger charge is 2.16. The SMILES string of the molecule is Nc1ncnc2ccc(C3CCCCC3)cc12. The zero-order valence-electron chi connectivity index (χ0n) is 9.89. The molecule has 1 saturated carbocycles. The predicted molar refractivity (Wildman–Crippen MR) is 69.8 cm³/mol. The second-order valence-electron chi connectivity index (χ2n) is 4.87. The van der Waals surface area contributed by atoms with Crippen molar-refractivity contribution in [3.05, 3.63) is 30.1 Å². The first-order chi connectivity index (χ1) is 8.34. The number of benzene rings is 1. The Morgan fingerprint density at radius 3 is 2.71 bits per heavy atom. The fraction of sp³-hybridized carbons (Fsp3) is 0.429. The van der Waals surface area contributed by atoms with Gasteiger partial charge in [0.2, 0.25) is 0 Å². The van der Waals surface area contributed by atoms with Gasteiger partial charge in [0.25, 0.3) is 0 Å². The van der Waals surface area contributed by atoms with Gasteiger partial charge in [0.05, 0.1) is 5.52 Å². The Morgan fingerprint density at radius 1 is 1.06 bits per heavy atom. The van der Waals surface area contributed by atoms with E-state index in [1.54, 1.807) is 0 Å². The number of hydrogen-bond acceptors (Lipinski definition) is 3. The number of nitrogen functional groups attached to an aromatic ring is 1. The van der Waals surface area contributed by atoms with Crippen molar-refractivity contribution in [2.24, 2.45) is 0 Å². The normalized spacial score (nSPS) is 17.4. The summed E-state index contributed by atoms with van der Waals surface area (Å²) < 4.78 is 0. The highest BCUT2D eigenvalue weighted by molar-refractivity contribution is 5.88. The Morgan fingerprint density at radius 2 is 1.88 bits per heavy atom. The molecule has 3 rings (SSSR count). The Kier molecular flexibility index (Phi) is 2.67. The van der Waals surface area contributed by atoms with E-state index in [9.17, 15) is 0 Å². The lowest BCUT2D eigenvalue weighted by Gasteiger charge is -2.22. The lowest BCUT2D eigenvalue weighted by atomic mass is 9.84. The minimum Gasteiger partial charge on any atom is -0.383 e. The van der Waals surface area contributed by atoms with E-state index in [4.69, 9.17) is 5.73 Å². The summed E-state index contributed by atoms with van der Waals surface area (Å²) in [6.45, 7) is 0. The van der Waals surface area contributed by atoms with Crippen molar-refractivity contribution < 1.29 is 0 Å². The van der Waals surface area contributed by atoms with Crippen molar-refractivity contribution in [1.29, 1.82) is 0 Å². The maximum Gasteiger partial charge on any atom is 0.134 e. The molecule has 1 aliphatic carbocycles. The van der Waals surface area contributed by atoms with Crippen molar-refractivity contribution >= 4 is 16.7 Å². The highest BCUT2D eigenvalue weighted by atomic mass is 14.9. The molecule has 1 aliphatic rings. The minimum absolute atomic E-state index is 0.590. The number of anilines is 1. The molecule has 0 unspecified atom stereocenters. The molecule has 0 saturated heterocycles. The van der Waals surface area contributed by atoms with Crippen LogP contribution in [0.5, 0.6) is 0 Å². The van der Waals surface area contributed by atoms with Gasteiger partial charge in [0.1, 0.15) is 12.1 Å². The molecule has 3 heteroatoms. The second kappa shape index (κ2) is 4.32. The van der Waals surface area contributed by atoms with E-state index in [1.165, 1.54) is 44.0 Å². The summed E-state index contributed by atoms with van der Waals surface area (Å²) in [6.07, 6.45) is 8.22. The van der Waals surface area contributed by atoms with E-state index in [-0.39, 0.29) is 0 Å². The molecule has 0 spiro atoms. The fourth-order valence-corrected chi connectivity index (χ4v) is 2.78. The van der Waals surface area contributed by atoms with E-state index >= 15 is 0 Å². The molecule has 88 valence electrons. The molecule has 1 aromatic heterocycles. The number of aromatic nitrogens is 2. The standard InChI is InChI=1S/C14H17N3/c15-14-12-8-11(10-4-2-1-3-5-10)6-7-13(12)16-9-17-14/h6-10H,1-5H2,(H2,15,16,17). The van der Waals surface area contributed by atoms with Gasteiger partial charge in [-0.3, -0.25) is 0 Å². The van der Waals surface area contributed by atoms with Crippen LogP contribution in [0.1, 0.15) is 43.6 Å². The molecule has 0 radical (unpaired) electrons. The van der Waals surface area contributed by atoms with Crippen molar-refractivity contribution in [3.8, 4) is 0 Å². The van der Waals surface area contributed by atoms with E-state index in [0.717, 1.165) is 10.9 Å². The average molecular weight is 227 g/mol. The summed E-state index contributed by atoms with van der Waals surface area (Å²) >= 11 is 0.